The molecule has 0 bridgehead atoms. The summed E-state index contributed by atoms with van der Waals surface area (Å²) in [6.07, 6.45) is 1.33. The zero-order chi connectivity index (χ0) is 13.0. The van der Waals surface area contributed by atoms with Gasteiger partial charge in [-0.05, 0) is 12.1 Å². The number of hydrogen-bond donors (Lipinski definition) is 2. The summed E-state index contributed by atoms with van der Waals surface area (Å²) in [4.78, 5) is 25.2. The van der Waals surface area contributed by atoms with Crippen LogP contribution in [0.1, 0.15) is 15.2 Å². The van der Waals surface area contributed by atoms with E-state index in [0.717, 1.165) is 11.3 Å². The molecule has 7 heteroatoms. The molecule has 0 aliphatic heterocycles. The number of aromatic nitrogens is 1. The Labute approximate surface area is 111 Å². The SMILES string of the molecule is O=C(N/N=C\c1sc(=O)[nH]c1Cl)c1ccccc1. The molecule has 0 saturated heterocycles. The number of nitrogens with one attached hydrogen (secondary N) is 2. The molecule has 0 unspecified atom stereocenters. The maximum Gasteiger partial charge on any atom is 0.306 e. The fourth-order valence-electron chi connectivity index (χ4n) is 1.21. The lowest BCUT2D eigenvalue weighted by atomic mass is 10.2. The number of thiazole rings is 1. The van der Waals surface area contributed by atoms with Gasteiger partial charge in [0.15, 0.2) is 0 Å². The van der Waals surface area contributed by atoms with Crippen molar-refractivity contribution >= 4 is 35.1 Å². The molecule has 0 saturated carbocycles. The predicted molar refractivity (Wildman–Crippen MR) is 71.5 cm³/mol. The van der Waals surface area contributed by atoms with Gasteiger partial charge in [-0.15, -0.1) is 0 Å². The Balaban J connectivity index is 2.02. The van der Waals surface area contributed by atoms with Crippen LogP contribution in [0.2, 0.25) is 5.15 Å². The third-order valence-corrected chi connectivity index (χ3v) is 3.24. The number of hydrazone groups is 1. The molecule has 0 atom stereocenters. The van der Waals surface area contributed by atoms with Gasteiger partial charge >= 0.3 is 4.87 Å². The van der Waals surface area contributed by atoms with Crippen LogP contribution in [0.15, 0.2) is 40.2 Å². The number of aromatic amines is 1. The topological polar surface area (TPSA) is 74.3 Å². The molecule has 0 aliphatic carbocycles. The molecule has 1 aromatic heterocycles. The molecule has 5 nitrogen and oxygen atoms in total. The first-order valence-corrected chi connectivity index (χ1v) is 6.13. The third-order valence-electron chi connectivity index (χ3n) is 2.01. The Morgan fingerprint density at radius 3 is 2.72 bits per heavy atom. The highest BCUT2D eigenvalue weighted by Crippen LogP contribution is 2.11. The van der Waals surface area contributed by atoms with Crippen molar-refractivity contribution in [3.8, 4) is 0 Å². The van der Waals surface area contributed by atoms with Gasteiger partial charge < -0.3 is 4.98 Å². The minimum absolute atomic E-state index is 0.211. The van der Waals surface area contributed by atoms with Crippen molar-refractivity contribution in [3.05, 3.63) is 55.6 Å². The first kappa shape index (κ1) is 12.5. The number of hydrogen-bond acceptors (Lipinski definition) is 4. The van der Waals surface area contributed by atoms with Crippen molar-refractivity contribution in [2.75, 3.05) is 0 Å². The molecule has 1 aromatic carbocycles. The lowest BCUT2D eigenvalue weighted by Gasteiger charge is -1.97. The van der Waals surface area contributed by atoms with Crippen LogP contribution in [0.4, 0.5) is 0 Å². The highest BCUT2D eigenvalue weighted by molar-refractivity contribution is 7.11. The number of benzene rings is 1. The maximum atomic E-state index is 11.6. The van der Waals surface area contributed by atoms with Crippen molar-refractivity contribution in [2.24, 2.45) is 5.10 Å². The van der Waals surface area contributed by atoms with E-state index >= 15 is 0 Å². The fourth-order valence-corrected chi connectivity index (χ4v) is 2.11. The number of nitrogens with zero attached hydrogens (tertiary/aromatic N) is 1. The van der Waals surface area contributed by atoms with Gasteiger partial charge in [-0.1, -0.05) is 41.1 Å². The van der Waals surface area contributed by atoms with Crippen LogP contribution in [0.25, 0.3) is 0 Å². The van der Waals surface area contributed by atoms with E-state index < -0.39 is 0 Å². The maximum absolute atomic E-state index is 11.6. The summed E-state index contributed by atoms with van der Waals surface area (Å²) in [6, 6.07) is 8.68. The minimum atomic E-state index is -0.328. The number of rotatable bonds is 3. The van der Waals surface area contributed by atoms with Gasteiger partial charge in [0, 0.05) is 5.56 Å². The minimum Gasteiger partial charge on any atom is -0.303 e. The second kappa shape index (κ2) is 5.61. The molecule has 2 N–H and O–H groups in total. The van der Waals surface area contributed by atoms with Crippen molar-refractivity contribution < 1.29 is 4.79 Å². The van der Waals surface area contributed by atoms with Crippen LogP contribution < -0.4 is 10.3 Å². The van der Waals surface area contributed by atoms with Gasteiger partial charge in [-0.25, -0.2) is 5.43 Å². The molecule has 1 amide bonds. The fraction of sp³-hybridized carbons (Fsp3) is 0. The Morgan fingerprint density at radius 2 is 2.11 bits per heavy atom. The Bertz CT molecular complexity index is 633. The summed E-state index contributed by atoms with van der Waals surface area (Å²) in [6.45, 7) is 0. The third kappa shape index (κ3) is 3.06. The van der Waals surface area contributed by atoms with Gasteiger partial charge in [0.1, 0.15) is 5.15 Å². The summed E-state index contributed by atoms with van der Waals surface area (Å²) in [7, 11) is 0. The van der Waals surface area contributed by atoms with E-state index in [9.17, 15) is 9.59 Å². The Hall–Kier alpha value is -1.92. The van der Waals surface area contributed by atoms with E-state index in [-0.39, 0.29) is 15.9 Å². The van der Waals surface area contributed by atoms with Gasteiger partial charge in [-0.2, -0.15) is 5.10 Å². The van der Waals surface area contributed by atoms with E-state index in [1.54, 1.807) is 24.3 Å². The predicted octanol–water partition coefficient (Wildman–Crippen LogP) is 1.85. The van der Waals surface area contributed by atoms with Crippen LogP contribution in [0.3, 0.4) is 0 Å². The van der Waals surface area contributed by atoms with Crippen molar-refractivity contribution in [2.45, 2.75) is 0 Å². The van der Waals surface area contributed by atoms with Crippen LogP contribution in [0, 0.1) is 0 Å². The number of halogens is 1. The van der Waals surface area contributed by atoms with Crippen molar-refractivity contribution in [1.29, 1.82) is 0 Å². The van der Waals surface area contributed by atoms with Gasteiger partial charge in [0.25, 0.3) is 5.91 Å². The molecular formula is C11H8ClN3O2S. The van der Waals surface area contributed by atoms with E-state index in [0.29, 0.717) is 10.4 Å². The van der Waals surface area contributed by atoms with Crippen molar-refractivity contribution in [1.82, 2.24) is 10.4 Å². The van der Waals surface area contributed by atoms with Crippen molar-refractivity contribution in [3.63, 3.8) is 0 Å². The first-order chi connectivity index (χ1) is 8.66. The standard InChI is InChI=1S/C11H8ClN3O2S/c12-9-8(18-11(17)14-9)6-13-15-10(16)7-4-2-1-3-5-7/h1-6H,(H,14,17)(H,15,16)/b13-6-. The second-order valence-corrected chi connectivity index (χ2v) is 4.65. The molecule has 92 valence electrons. The highest BCUT2D eigenvalue weighted by Gasteiger charge is 2.04. The number of amides is 1. The largest absolute Gasteiger partial charge is 0.306 e. The van der Waals surface area contributed by atoms with Crippen LogP contribution in [-0.4, -0.2) is 17.1 Å². The first-order valence-electron chi connectivity index (χ1n) is 4.94. The molecule has 18 heavy (non-hydrogen) atoms. The summed E-state index contributed by atoms with van der Waals surface area (Å²) < 4.78 is 0. The molecule has 1 heterocycles. The normalized spacial score (nSPS) is 10.7. The monoisotopic (exact) mass is 281 g/mol. The zero-order valence-corrected chi connectivity index (χ0v) is 10.6. The number of carbonyl (C=O) groups is 1. The number of carbonyl (C=O) groups excluding carboxylic acids is 1. The summed E-state index contributed by atoms with van der Waals surface area (Å²) in [5.41, 5.74) is 2.85. The van der Waals surface area contributed by atoms with Gasteiger partial charge in [-0.3, -0.25) is 9.59 Å². The van der Waals surface area contributed by atoms with E-state index in [1.807, 2.05) is 6.07 Å². The molecule has 0 fully saturated rings. The molecule has 0 spiro atoms. The molecule has 0 aliphatic rings. The molecule has 2 aromatic rings. The summed E-state index contributed by atoms with van der Waals surface area (Å²) in [5, 5.41) is 3.95. The van der Waals surface area contributed by atoms with Gasteiger partial charge in [0.05, 0.1) is 11.1 Å². The summed E-state index contributed by atoms with van der Waals surface area (Å²) >= 11 is 6.65. The average Bonchev–Trinajstić information content (AvgIpc) is 2.69. The zero-order valence-electron chi connectivity index (χ0n) is 9.01. The molecule has 0 radical (unpaired) electrons. The molecule has 2 rings (SSSR count). The Kier molecular flexibility index (Phi) is 3.91. The lowest BCUT2D eigenvalue weighted by molar-refractivity contribution is 0.0955. The average molecular weight is 282 g/mol. The van der Waals surface area contributed by atoms with E-state index in [2.05, 4.69) is 15.5 Å². The van der Waals surface area contributed by atoms with Gasteiger partial charge in [0.2, 0.25) is 0 Å². The smallest absolute Gasteiger partial charge is 0.303 e. The molecular weight excluding hydrogens is 274 g/mol. The lowest BCUT2D eigenvalue weighted by Crippen LogP contribution is -2.17. The van der Waals surface area contributed by atoms with E-state index in [1.165, 1.54) is 6.21 Å². The second-order valence-electron chi connectivity index (χ2n) is 3.26. The Morgan fingerprint density at radius 1 is 1.39 bits per heavy atom. The van der Waals surface area contributed by atoms with E-state index in [4.69, 9.17) is 11.6 Å². The summed E-state index contributed by atoms with van der Waals surface area (Å²) in [5.74, 6) is -0.328. The van der Waals surface area contributed by atoms with Crippen LogP contribution in [-0.2, 0) is 0 Å². The van der Waals surface area contributed by atoms with Crippen LogP contribution >= 0.6 is 22.9 Å². The van der Waals surface area contributed by atoms with Crippen LogP contribution in [0.5, 0.6) is 0 Å². The number of H-pyrrole nitrogens is 1. The highest BCUT2D eigenvalue weighted by atomic mass is 35.5. The quantitative estimate of drug-likeness (QED) is 0.665.